The summed E-state index contributed by atoms with van der Waals surface area (Å²) < 4.78 is 1.54. The molecule has 0 bridgehead atoms. The fourth-order valence-corrected chi connectivity index (χ4v) is 3.11. The normalized spacial score (nSPS) is 11.1. The maximum absolute atomic E-state index is 12.6. The minimum atomic E-state index is -0.255. The molecule has 0 aliphatic rings. The smallest absolute Gasteiger partial charge is 0.252 e. The second-order valence-electron chi connectivity index (χ2n) is 6.18. The zero-order valence-electron chi connectivity index (χ0n) is 14.3. The largest absolute Gasteiger partial charge is 0.352 e. The molecule has 0 saturated heterocycles. The van der Waals surface area contributed by atoms with Crippen LogP contribution in [0.3, 0.4) is 0 Å². The summed E-state index contributed by atoms with van der Waals surface area (Å²) in [5.74, 6) is 0.565. The highest BCUT2D eigenvalue weighted by atomic mass is 16.2. The van der Waals surface area contributed by atoms with Gasteiger partial charge in [-0.05, 0) is 18.2 Å². The van der Waals surface area contributed by atoms with Gasteiger partial charge in [0.25, 0.3) is 11.5 Å². The lowest BCUT2D eigenvalue weighted by Gasteiger charge is -2.10. The monoisotopic (exact) mass is 346 g/mol. The van der Waals surface area contributed by atoms with Gasteiger partial charge < -0.3 is 14.9 Å². The van der Waals surface area contributed by atoms with E-state index in [0.717, 1.165) is 27.8 Å². The third-order valence-corrected chi connectivity index (χ3v) is 4.48. The fraction of sp³-hybridized carbons (Fsp3) is 0.150. The van der Waals surface area contributed by atoms with Crippen LogP contribution in [0.25, 0.3) is 21.9 Å². The third kappa shape index (κ3) is 2.86. The molecule has 6 heteroatoms. The number of para-hydroxylation sites is 3. The molecular formula is C20H18N4O2. The minimum absolute atomic E-state index is 0.203. The van der Waals surface area contributed by atoms with Crippen molar-refractivity contribution in [2.45, 2.75) is 6.42 Å². The second kappa shape index (κ2) is 6.48. The van der Waals surface area contributed by atoms with E-state index in [-0.39, 0.29) is 11.5 Å². The Morgan fingerprint density at radius 1 is 1.15 bits per heavy atom. The van der Waals surface area contributed by atoms with Crippen molar-refractivity contribution in [3.05, 3.63) is 76.3 Å². The van der Waals surface area contributed by atoms with E-state index in [4.69, 9.17) is 0 Å². The molecule has 0 radical (unpaired) electrons. The number of nitrogens with one attached hydrogen (secondary N) is 2. The molecule has 2 aromatic heterocycles. The predicted molar refractivity (Wildman–Crippen MR) is 101 cm³/mol. The van der Waals surface area contributed by atoms with E-state index in [0.29, 0.717) is 18.5 Å². The molecule has 0 fully saturated rings. The molecule has 6 nitrogen and oxygen atoms in total. The Bertz CT molecular complexity index is 1140. The predicted octanol–water partition coefficient (Wildman–Crippen LogP) is 2.39. The molecule has 4 aromatic rings. The van der Waals surface area contributed by atoms with Crippen LogP contribution in [0.2, 0.25) is 0 Å². The van der Waals surface area contributed by atoms with Gasteiger partial charge in [0, 0.05) is 31.5 Å². The number of H-pyrrole nitrogens is 1. The van der Waals surface area contributed by atoms with Crippen molar-refractivity contribution in [1.29, 1.82) is 0 Å². The molecule has 1 amide bonds. The Labute approximate surface area is 149 Å². The summed E-state index contributed by atoms with van der Waals surface area (Å²) in [6.07, 6.45) is 0.587. The lowest BCUT2D eigenvalue weighted by atomic mass is 10.1. The Kier molecular flexibility index (Phi) is 4.01. The lowest BCUT2D eigenvalue weighted by Crippen LogP contribution is -2.28. The quantitative estimate of drug-likeness (QED) is 0.595. The molecule has 0 spiro atoms. The van der Waals surface area contributed by atoms with Crippen LogP contribution in [0.4, 0.5) is 0 Å². The number of pyridine rings is 1. The molecule has 0 saturated carbocycles. The van der Waals surface area contributed by atoms with Crippen molar-refractivity contribution in [2.24, 2.45) is 7.05 Å². The van der Waals surface area contributed by atoms with Crippen LogP contribution < -0.4 is 10.9 Å². The highest BCUT2D eigenvalue weighted by Gasteiger charge is 2.13. The summed E-state index contributed by atoms with van der Waals surface area (Å²) in [5, 5.41) is 3.64. The molecule has 26 heavy (non-hydrogen) atoms. The number of carbonyl (C=O) groups is 1. The average molecular weight is 346 g/mol. The lowest BCUT2D eigenvalue weighted by molar-refractivity contribution is 0.0955. The van der Waals surface area contributed by atoms with Crippen LogP contribution in [-0.4, -0.2) is 27.0 Å². The Hall–Kier alpha value is -3.41. The third-order valence-electron chi connectivity index (χ3n) is 4.48. The first kappa shape index (κ1) is 16.1. The van der Waals surface area contributed by atoms with Crippen LogP contribution in [0.5, 0.6) is 0 Å². The van der Waals surface area contributed by atoms with E-state index in [2.05, 4.69) is 15.3 Å². The maximum Gasteiger partial charge on any atom is 0.252 e. The van der Waals surface area contributed by atoms with Gasteiger partial charge in [0.15, 0.2) is 0 Å². The van der Waals surface area contributed by atoms with Gasteiger partial charge in [0.2, 0.25) is 0 Å². The van der Waals surface area contributed by atoms with Crippen molar-refractivity contribution in [3.8, 4) is 0 Å². The number of benzene rings is 2. The summed E-state index contributed by atoms with van der Waals surface area (Å²) in [5.41, 5.74) is 2.82. The number of nitrogens with zero attached hydrogens (tertiary/aromatic N) is 2. The average Bonchev–Trinajstić information content (AvgIpc) is 3.07. The van der Waals surface area contributed by atoms with Crippen molar-refractivity contribution in [2.75, 3.05) is 6.54 Å². The number of fused-ring (bicyclic) bond motifs is 2. The maximum atomic E-state index is 12.6. The van der Waals surface area contributed by atoms with Crippen LogP contribution in [0.15, 0.2) is 59.4 Å². The van der Waals surface area contributed by atoms with Crippen molar-refractivity contribution in [3.63, 3.8) is 0 Å². The standard InChI is InChI=1S/C20H18N4O2/c1-24-17-9-5-2-6-13(17)14(12-19(24)25)20(26)21-11-10-18-22-15-7-3-4-8-16(15)23-18/h2-9,12H,10-11H2,1H3,(H,21,26)(H,22,23). The van der Waals surface area contributed by atoms with Gasteiger partial charge in [-0.2, -0.15) is 0 Å². The van der Waals surface area contributed by atoms with Crippen molar-refractivity contribution >= 4 is 27.8 Å². The van der Waals surface area contributed by atoms with Gasteiger partial charge in [-0.1, -0.05) is 30.3 Å². The number of hydrogen-bond acceptors (Lipinski definition) is 3. The van der Waals surface area contributed by atoms with E-state index in [1.165, 1.54) is 6.07 Å². The highest BCUT2D eigenvalue weighted by molar-refractivity contribution is 6.06. The number of aromatic nitrogens is 3. The van der Waals surface area contributed by atoms with Gasteiger partial charge in [0.1, 0.15) is 5.82 Å². The fourth-order valence-electron chi connectivity index (χ4n) is 3.11. The van der Waals surface area contributed by atoms with Gasteiger partial charge in [-0.3, -0.25) is 9.59 Å². The first-order valence-corrected chi connectivity index (χ1v) is 8.44. The molecule has 0 aliphatic carbocycles. The molecule has 0 atom stereocenters. The zero-order valence-corrected chi connectivity index (χ0v) is 14.3. The SMILES string of the molecule is Cn1c(=O)cc(C(=O)NCCc2nc3ccccc3[nH]2)c2ccccc21. The molecule has 130 valence electrons. The summed E-state index contributed by atoms with van der Waals surface area (Å²) in [4.78, 5) is 32.5. The van der Waals surface area contributed by atoms with Gasteiger partial charge in [-0.25, -0.2) is 4.98 Å². The van der Waals surface area contributed by atoms with Crippen LogP contribution >= 0.6 is 0 Å². The molecule has 4 rings (SSSR count). The molecule has 2 N–H and O–H groups in total. The summed E-state index contributed by atoms with van der Waals surface area (Å²) >= 11 is 0. The Morgan fingerprint density at radius 3 is 2.77 bits per heavy atom. The van der Waals surface area contributed by atoms with Gasteiger partial charge in [0.05, 0.1) is 22.1 Å². The minimum Gasteiger partial charge on any atom is -0.352 e. The van der Waals surface area contributed by atoms with Gasteiger partial charge in [-0.15, -0.1) is 0 Å². The van der Waals surface area contributed by atoms with Gasteiger partial charge >= 0.3 is 0 Å². The number of aryl methyl sites for hydroxylation is 1. The number of aromatic amines is 1. The Balaban J connectivity index is 1.52. The number of rotatable bonds is 4. The molecule has 0 unspecified atom stereocenters. The first-order chi connectivity index (χ1) is 12.6. The number of amides is 1. The molecule has 2 heterocycles. The summed E-state index contributed by atoms with van der Waals surface area (Å²) in [6.45, 7) is 0.433. The zero-order chi connectivity index (χ0) is 18.1. The van der Waals surface area contributed by atoms with Crippen LogP contribution in [-0.2, 0) is 13.5 Å². The summed E-state index contributed by atoms with van der Waals surface area (Å²) in [7, 11) is 1.70. The molecule has 0 aliphatic heterocycles. The van der Waals surface area contributed by atoms with E-state index < -0.39 is 0 Å². The summed E-state index contributed by atoms with van der Waals surface area (Å²) in [6, 6.07) is 16.6. The number of imidazole rings is 1. The Morgan fingerprint density at radius 2 is 1.92 bits per heavy atom. The van der Waals surface area contributed by atoms with E-state index in [1.807, 2.05) is 48.5 Å². The molecular weight excluding hydrogens is 328 g/mol. The highest BCUT2D eigenvalue weighted by Crippen LogP contribution is 2.16. The number of hydrogen-bond donors (Lipinski definition) is 2. The van der Waals surface area contributed by atoms with Crippen LogP contribution in [0, 0.1) is 0 Å². The van der Waals surface area contributed by atoms with Crippen molar-refractivity contribution in [1.82, 2.24) is 19.9 Å². The van der Waals surface area contributed by atoms with E-state index >= 15 is 0 Å². The van der Waals surface area contributed by atoms with Crippen LogP contribution in [0.1, 0.15) is 16.2 Å². The second-order valence-corrected chi connectivity index (χ2v) is 6.18. The topological polar surface area (TPSA) is 79.8 Å². The number of carbonyl (C=O) groups excluding carboxylic acids is 1. The molecule has 2 aromatic carbocycles. The van der Waals surface area contributed by atoms with E-state index in [1.54, 1.807) is 11.6 Å². The van der Waals surface area contributed by atoms with E-state index in [9.17, 15) is 9.59 Å². The van der Waals surface area contributed by atoms with Crippen molar-refractivity contribution < 1.29 is 4.79 Å². The first-order valence-electron chi connectivity index (χ1n) is 8.44.